The van der Waals surface area contributed by atoms with Crippen LogP contribution in [0.3, 0.4) is 0 Å². The molecule has 0 aliphatic rings. The maximum Gasteiger partial charge on any atom is 0.251 e. The second kappa shape index (κ2) is 6.31. The number of aromatic nitrogens is 1. The molecule has 0 radical (unpaired) electrons. The number of hydrogen-bond donors (Lipinski definition) is 2. The van der Waals surface area contributed by atoms with Gasteiger partial charge in [0.2, 0.25) is 0 Å². The van der Waals surface area contributed by atoms with Gasteiger partial charge in [-0.1, -0.05) is 54.6 Å². The highest BCUT2D eigenvalue weighted by Crippen LogP contribution is 2.20. The van der Waals surface area contributed by atoms with Crippen LogP contribution in [0.2, 0.25) is 0 Å². The average Bonchev–Trinajstić information content (AvgIpc) is 2.53. The summed E-state index contributed by atoms with van der Waals surface area (Å²) in [5, 5.41) is 9.46. The van der Waals surface area contributed by atoms with Gasteiger partial charge in [0.1, 0.15) is 5.75 Å². The molecule has 3 aromatic rings. The maximum atomic E-state index is 11.3. The summed E-state index contributed by atoms with van der Waals surface area (Å²) in [7, 11) is 0. The average molecular weight is 291 g/mol. The first kappa shape index (κ1) is 14.1. The van der Waals surface area contributed by atoms with Gasteiger partial charge in [-0.3, -0.25) is 4.79 Å². The van der Waals surface area contributed by atoms with Gasteiger partial charge >= 0.3 is 0 Å². The van der Waals surface area contributed by atoms with Crippen LogP contribution >= 0.6 is 0 Å². The Kier molecular flexibility index (Phi) is 4.05. The number of aromatic amines is 1. The van der Waals surface area contributed by atoms with Gasteiger partial charge in [-0.05, 0) is 35.6 Å². The third-order valence-electron chi connectivity index (χ3n) is 3.60. The molecular weight excluding hydrogens is 274 g/mol. The van der Waals surface area contributed by atoms with Gasteiger partial charge in [0.05, 0.1) is 0 Å². The number of rotatable bonds is 4. The van der Waals surface area contributed by atoms with Crippen molar-refractivity contribution < 1.29 is 5.11 Å². The number of benzene rings is 2. The van der Waals surface area contributed by atoms with Gasteiger partial charge in [0, 0.05) is 11.8 Å². The summed E-state index contributed by atoms with van der Waals surface area (Å²) in [6.07, 6.45) is 1.49. The van der Waals surface area contributed by atoms with E-state index in [2.05, 4.69) is 35.3 Å². The molecule has 1 aromatic heterocycles. The molecule has 2 aromatic carbocycles. The molecule has 3 nitrogen and oxygen atoms in total. The summed E-state index contributed by atoms with van der Waals surface area (Å²) >= 11 is 0. The predicted octanol–water partition coefficient (Wildman–Crippen LogP) is 3.53. The van der Waals surface area contributed by atoms with Gasteiger partial charge in [0.25, 0.3) is 5.56 Å². The maximum absolute atomic E-state index is 11.3. The molecular formula is C19H17NO2. The number of aromatic hydroxyl groups is 1. The molecule has 110 valence electrons. The van der Waals surface area contributed by atoms with E-state index < -0.39 is 0 Å². The van der Waals surface area contributed by atoms with Crippen molar-refractivity contribution in [1.82, 2.24) is 4.98 Å². The second-order valence-electron chi connectivity index (χ2n) is 5.29. The molecule has 0 bridgehead atoms. The van der Waals surface area contributed by atoms with Crippen molar-refractivity contribution in [3.63, 3.8) is 0 Å². The third kappa shape index (κ3) is 3.44. The Hall–Kier alpha value is -2.81. The molecule has 0 unspecified atom stereocenters. The highest BCUT2D eigenvalue weighted by Gasteiger charge is 2.02. The zero-order valence-electron chi connectivity index (χ0n) is 12.1. The molecule has 0 spiro atoms. The molecule has 0 amide bonds. The summed E-state index contributed by atoms with van der Waals surface area (Å²) in [6, 6.07) is 21.4. The zero-order valence-corrected chi connectivity index (χ0v) is 12.1. The van der Waals surface area contributed by atoms with E-state index in [4.69, 9.17) is 0 Å². The standard InChI is InChI=1S/C19H17NO2/c21-18-12-17(20-19(22)13-18)10-9-14-5-4-8-16(11-14)15-6-2-1-3-7-15/h1-8,11-13H,9-10H2,(H2,20,21,22). The van der Waals surface area contributed by atoms with E-state index >= 15 is 0 Å². The molecule has 0 saturated heterocycles. The lowest BCUT2D eigenvalue weighted by atomic mass is 10.0. The Morgan fingerprint density at radius 2 is 1.59 bits per heavy atom. The molecule has 0 saturated carbocycles. The normalized spacial score (nSPS) is 10.5. The number of nitrogens with one attached hydrogen (secondary N) is 1. The van der Waals surface area contributed by atoms with Crippen LogP contribution in [0, 0.1) is 0 Å². The SMILES string of the molecule is O=c1cc(O)cc(CCc2cccc(-c3ccccc3)c2)[nH]1. The van der Waals surface area contributed by atoms with E-state index in [9.17, 15) is 9.90 Å². The number of H-pyrrole nitrogens is 1. The van der Waals surface area contributed by atoms with Crippen molar-refractivity contribution in [2.75, 3.05) is 0 Å². The van der Waals surface area contributed by atoms with Gasteiger partial charge in [-0.2, -0.15) is 0 Å². The monoisotopic (exact) mass is 291 g/mol. The Bertz CT molecular complexity index is 822. The van der Waals surface area contributed by atoms with Crippen LogP contribution in [0.4, 0.5) is 0 Å². The van der Waals surface area contributed by atoms with Crippen LogP contribution in [-0.4, -0.2) is 10.1 Å². The fourth-order valence-electron chi connectivity index (χ4n) is 2.54. The highest BCUT2D eigenvalue weighted by molar-refractivity contribution is 5.63. The highest BCUT2D eigenvalue weighted by atomic mass is 16.3. The number of hydrogen-bond acceptors (Lipinski definition) is 2. The van der Waals surface area contributed by atoms with Crippen molar-refractivity contribution in [3.8, 4) is 16.9 Å². The molecule has 3 rings (SSSR count). The van der Waals surface area contributed by atoms with Gasteiger partial charge in [-0.15, -0.1) is 0 Å². The van der Waals surface area contributed by atoms with Gasteiger partial charge in [0.15, 0.2) is 0 Å². The third-order valence-corrected chi connectivity index (χ3v) is 3.60. The first-order valence-corrected chi connectivity index (χ1v) is 7.27. The van der Waals surface area contributed by atoms with Crippen molar-refractivity contribution in [1.29, 1.82) is 0 Å². The molecule has 3 heteroatoms. The van der Waals surface area contributed by atoms with Gasteiger partial charge < -0.3 is 10.1 Å². The summed E-state index contributed by atoms with van der Waals surface area (Å²) in [5.74, 6) is 0.0109. The van der Waals surface area contributed by atoms with E-state index in [1.165, 1.54) is 22.8 Å². The van der Waals surface area contributed by atoms with E-state index in [0.717, 1.165) is 12.1 Å². The minimum atomic E-state index is -0.270. The molecule has 0 atom stereocenters. The van der Waals surface area contributed by atoms with Crippen LogP contribution in [0.5, 0.6) is 5.75 Å². The Morgan fingerprint density at radius 1 is 0.818 bits per heavy atom. The second-order valence-corrected chi connectivity index (χ2v) is 5.29. The fraction of sp³-hybridized carbons (Fsp3) is 0.105. The largest absolute Gasteiger partial charge is 0.508 e. The predicted molar refractivity (Wildman–Crippen MR) is 88.0 cm³/mol. The van der Waals surface area contributed by atoms with Crippen molar-refractivity contribution in [3.05, 3.63) is 88.3 Å². The van der Waals surface area contributed by atoms with Gasteiger partial charge in [-0.25, -0.2) is 0 Å². The molecule has 0 aliphatic heterocycles. The van der Waals surface area contributed by atoms with Crippen LogP contribution in [0.25, 0.3) is 11.1 Å². The number of aryl methyl sites for hydroxylation is 2. The van der Waals surface area contributed by atoms with E-state index in [1.807, 2.05) is 24.3 Å². The van der Waals surface area contributed by atoms with Crippen molar-refractivity contribution in [2.24, 2.45) is 0 Å². The smallest absolute Gasteiger partial charge is 0.251 e. The molecule has 1 heterocycles. The van der Waals surface area contributed by atoms with E-state index in [0.29, 0.717) is 6.42 Å². The first-order valence-electron chi connectivity index (χ1n) is 7.27. The molecule has 2 N–H and O–H groups in total. The Balaban J connectivity index is 1.77. The topological polar surface area (TPSA) is 53.1 Å². The van der Waals surface area contributed by atoms with Crippen LogP contribution < -0.4 is 5.56 Å². The minimum Gasteiger partial charge on any atom is -0.508 e. The zero-order chi connectivity index (χ0) is 15.4. The molecule has 0 aliphatic carbocycles. The van der Waals surface area contributed by atoms with Crippen LogP contribution in [-0.2, 0) is 12.8 Å². The quantitative estimate of drug-likeness (QED) is 0.772. The molecule has 22 heavy (non-hydrogen) atoms. The summed E-state index contributed by atoms with van der Waals surface area (Å²) in [4.78, 5) is 14.1. The lowest BCUT2D eigenvalue weighted by Crippen LogP contribution is -2.07. The Labute approximate surface area is 128 Å². The number of pyridine rings is 1. The van der Waals surface area contributed by atoms with Crippen molar-refractivity contribution >= 4 is 0 Å². The summed E-state index contributed by atoms with van der Waals surface area (Å²) < 4.78 is 0. The summed E-state index contributed by atoms with van der Waals surface area (Å²) in [6.45, 7) is 0. The first-order chi connectivity index (χ1) is 10.7. The summed E-state index contributed by atoms with van der Waals surface area (Å²) in [5.41, 5.74) is 4.05. The lowest BCUT2D eigenvalue weighted by molar-refractivity contribution is 0.472. The van der Waals surface area contributed by atoms with Crippen LogP contribution in [0.15, 0.2) is 71.5 Å². The lowest BCUT2D eigenvalue weighted by Gasteiger charge is -2.06. The Morgan fingerprint density at radius 3 is 2.36 bits per heavy atom. The van der Waals surface area contributed by atoms with E-state index in [-0.39, 0.29) is 11.3 Å². The minimum absolute atomic E-state index is 0.0109. The van der Waals surface area contributed by atoms with Crippen molar-refractivity contribution in [2.45, 2.75) is 12.8 Å². The fourth-order valence-corrected chi connectivity index (χ4v) is 2.54. The molecule has 0 fully saturated rings. The van der Waals surface area contributed by atoms with E-state index in [1.54, 1.807) is 6.07 Å². The van der Waals surface area contributed by atoms with Crippen LogP contribution in [0.1, 0.15) is 11.3 Å².